The number of aromatic nitrogens is 1. The Bertz CT molecular complexity index is 2980. The lowest BCUT2D eigenvalue weighted by molar-refractivity contribution is 0.768. The minimum absolute atomic E-state index is 0.503. The van der Waals surface area contributed by atoms with Crippen LogP contribution in [0, 0.1) is 0 Å². The monoisotopic (exact) mass is 718 g/mol. The number of fused-ring (bicyclic) bond motifs is 8. The average Bonchev–Trinajstić information content (AvgIpc) is 3.79. The molecule has 0 N–H and O–H groups in total. The van der Waals surface area contributed by atoms with Gasteiger partial charge in [0.15, 0.2) is 0 Å². The van der Waals surface area contributed by atoms with E-state index < -0.39 is 5.41 Å². The molecule has 258 valence electrons. The summed E-state index contributed by atoms with van der Waals surface area (Å²) in [7, 11) is 0. The van der Waals surface area contributed by atoms with Crippen molar-refractivity contribution in [3.05, 3.63) is 229 Å². The Morgan fingerprint density at radius 1 is 0.436 bits per heavy atom. The predicted octanol–water partition coefficient (Wildman–Crippen LogP) is 14.1. The van der Waals surface area contributed by atoms with Crippen molar-refractivity contribution in [2.24, 2.45) is 0 Å². The smallest absolute Gasteiger partial charge is 0.139 e. The molecule has 0 atom stereocenters. The first kappa shape index (κ1) is 31.7. The molecule has 0 fully saturated rings. The van der Waals surface area contributed by atoms with E-state index in [1.54, 1.807) is 11.3 Å². The van der Waals surface area contributed by atoms with Gasteiger partial charge in [0.05, 0.1) is 11.1 Å². The number of nitrogens with zero attached hydrogens (tertiary/aromatic N) is 2. The van der Waals surface area contributed by atoms with Crippen LogP contribution in [0.3, 0.4) is 0 Å². The van der Waals surface area contributed by atoms with Gasteiger partial charge in [-0.05, 0) is 80.0 Å². The zero-order chi connectivity index (χ0) is 36.3. The van der Waals surface area contributed by atoms with Gasteiger partial charge >= 0.3 is 0 Å². The first-order chi connectivity index (χ1) is 27.3. The molecule has 0 saturated carbocycles. The van der Waals surface area contributed by atoms with Crippen LogP contribution in [0.5, 0.6) is 0 Å². The molecule has 0 amide bonds. The summed E-state index contributed by atoms with van der Waals surface area (Å²) in [5, 5.41) is 4.96. The van der Waals surface area contributed by atoms with Crippen LogP contribution in [0.1, 0.15) is 22.3 Å². The Kier molecular flexibility index (Phi) is 7.29. The van der Waals surface area contributed by atoms with Crippen LogP contribution >= 0.6 is 11.3 Å². The minimum Gasteiger partial charge on any atom is -0.294 e. The van der Waals surface area contributed by atoms with Gasteiger partial charge in [0.25, 0.3) is 0 Å². The van der Waals surface area contributed by atoms with Crippen LogP contribution < -0.4 is 4.90 Å². The highest BCUT2D eigenvalue weighted by Gasteiger charge is 2.47. The van der Waals surface area contributed by atoms with Gasteiger partial charge in [-0.2, -0.15) is 0 Å². The van der Waals surface area contributed by atoms with Crippen LogP contribution in [0.25, 0.3) is 53.3 Å². The highest BCUT2D eigenvalue weighted by molar-refractivity contribution is 7.26. The number of rotatable bonds is 6. The summed E-state index contributed by atoms with van der Waals surface area (Å²) in [6.07, 6.45) is 0. The summed E-state index contributed by atoms with van der Waals surface area (Å²) >= 11 is 1.78. The quantitative estimate of drug-likeness (QED) is 0.170. The largest absolute Gasteiger partial charge is 0.294 e. The SMILES string of the molecule is c1ccc(-c2ccc(N(c3ccc4c(n3)sc3c5ccccc5ccc43)c3cccc4c3-c3ccccc3C4(c3ccccc3)c3ccccc3)cc2)cc1. The third-order valence-corrected chi connectivity index (χ3v) is 12.5. The van der Waals surface area contributed by atoms with Crippen LogP contribution in [-0.2, 0) is 5.41 Å². The third kappa shape index (κ3) is 4.83. The first-order valence-corrected chi connectivity index (χ1v) is 19.6. The topological polar surface area (TPSA) is 16.1 Å². The second-order valence-corrected chi connectivity index (χ2v) is 15.3. The van der Waals surface area contributed by atoms with E-state index in [4.69, 9.17) is 4.98 Å². The van der Waals surface area contributed by atoms with E-state index in [9.17, 15) is 0 Å². The number of hydrogen-bond donors (Lipinski definition) is 0. The van der Waals surface area contributed by atoms with E-state index in [1.165, 1.54) is 70.8 Å². The maximum Gasteiger partial charge on any atom is 0.139 e. The lowest BCUT2D eigenvalue weighted by Crippen LogP contribution is -2.28. The van der Waals surface area contributed by atoms with Gasteiger partial charge < -0.3 is 0 Å². The molecule has 10 aromatic rings. The van der Waals surface area contributed by atoms with Gasteiger partial charge in [-0.1, -0.05) is 176 Å². The fourth-order valence-electron chi connectivity index (χ4n) is 8.99. The molecular weight excluding hydrogens is 685 g/mol. The molecule has 0 saturated heterocycles. The third-order valence-electron chi connectivity index (χ3n) is 11.4. The second-order valence-electron chi connectivity index (χ2n) is 14.3. The van der Waals surface area contributed by atoms with Gasteiger partial charge in [-0.25, -0.2) is 4.98 Å². The molecule has 3 heteroatoms. The van der Waals surface area contributed by atoms with E-state index >= 15 is 0 Å². The maximum absolute atomic E-state index is 5.53. The van der Waals surface area contributed by atoms with Crippen molar-refractivity contribution in [3.8, 4) is 22.3 Å². The molecule has 55 heavy (non-hydrogen) atoms. The first-order valence-electron chi connectivity index (χ1n) is 18.8. The van der Waals surface area contributed by atoms with Crippen LogP contribution in [0.4, 0.5) is 17.2 Å². The van der Waals surface area contributed by atoms with E-state index in [0.29, 0.717) is 0 Å². The average molecular weight is 719 g/mol. The normalized spacial score (nSPS) is 12.9. The van der Waals surface area contributed by atoms with Gasteiger partial charge in [-0.3, -0.25) is 4.90 Å². The van der Waals surface area contributed by atoms with Crippen molar-refractivity contribution in [2.45, 2.75) is 5.41 Å². The van der Waals surface area contributed by atoms with E-state index in [1.807, 2.05) is 0 Å². The summed E-state index contributed by atoms with van der Waals surface area (Å²) in [6.45, 7) is 0. The molecule has 0 unspecified atom stereocenters. The highest BCUT2D eigenvalue weighted by Crippen LogP contribution is 2.59. The standard InChI is InChI=1S/C52H34N2S/c1-4-15-35(16-5-1)36-27-30-40(31-28-36)54(48-34-33-43-42-32-29-37-17-10-11-22-41(37)50(42)55-51(43)53-48)47-26-14-25-46-49(47)44-23-12-13-24-45(44)52(46,38-18-6-2-7-19-38)39-20-8-3-9-21-39/h1-34H. The molecule has 0 spiro atoms. The van der Waals surface area contributed by atoms with Gasteiger partial charge in [-0.15, -0.1) is 11.3 Å². The van der Waals surface area contributed by atoms with Gasteiger partial charge in [0.2, 0.25) is 0 Å². The Morgan fingerprint density at radius 2 is 1.05 bits per heavy atom. The maximum atomic E-state index is 5.53. The summed E-state index contributed by atoms with van der Waals surface area (Å²) < 4.78 is 1.28. The molecule has 11 rings (SSSR count). The Labute approximate surface area is 324 Å². The Hall–Kier alpha value is -6.81. The lowest BCUT2D eigenvalue weighted by Gasteiger charge is -2.34. The Balaban J connectivity index is 1.18. The molecule has 8 aromatic carbocycles. The van der Waals surface area contributed by atoms with Crippen molar-refractivity contribution in [3.63, 3.8) is 0 Å². The fourth-order valence-corrected chi connectivity index (χ4v) is 10.2. The molecule has 2 aromatic heterocycles. The van der Waals surface area contributed by atoms with Crippen LogP contribution in [0.2, 0.25) is 0 Å². The summed E-state index contributed by atoms with van der Waals surface area (Å²) in [5.74, 6) is 0.888. The predicted molar refractivity (Wildman–Crippen MR) is 232 cm³/mol. The fraction of sp³-hybridized carbons (Fsp3) is 0.0192. The molecule has 1 aliphatic rings. The molecule has 0 aliphatic heterocycles. The zero-order valence-corrected chi connectivity index (χ0v) is 30.7. The van der Waals surface area contributed by atoms with Gasteiger partial charge in [0.1, 0.15) is 10.6 Å². The summed E-state index contributed by atoms with van der Waals surface area (Å²) in [5.41, 5.74) is 11.5. The molecule has 2 nitrogen and oxygen atoms in total. The zero-order valence-electron chi connectivity index (χ0n) is 29.9. The van der Waals surface area contributed by atoms with Crippen molar-refractivity contribution < 1.29 is 0 Å². The molecule has 2 heterocycles. The number of pyridine rings is 1. The number of hydrogen-bond acceptors (Lipinski definition) is 3. The number of thiophene rings is 1. The molecule has 0 radical (unpaired) electrons. The van der Waals surface area contributed by atoms with Crippen molar-refractivity contribution in [2.75, 3.05) is 4.90 Å². The summed E-state index contributed by atoms with van der Waals surface area (Å²) in [4.78, 5) is 8.94. The Morgan fingerprint density at radius 3 is 1.82 bits per heavy atom. The molecular formula is C52H34N2S. The van der Waals surface area contributed by atoms with Crippen molar-refractivity contribution in [1.29, 1.82) is 0 Å². The van der Waals surface area contributed by atoms with Crippen molar-refractivity contribution in [1.82, 2.24) is 4.98 Å². The van der Waals surface area contributed by atoms with E-state index in [0.717, 1.165) is 22.0 Å². The van der Waals surface area contributed by atoms with E-state index in [2.05, 4.69) is 211 Å². The number of benzene rings is 8. The second kappa shape index (κ2) is 12.7. The van der Waals surface area contributed by atoms with Crippen LogP contribution in [-0.4, -0.2) is 4.98 Å². The minimum atomic E-state index is -0.503. The number of anilines is 3. The van der Waals surface area contributed by atoms with Crippen LogP contribution in [0.15, 0.2) is 206 Å². The van der Waals surface area contributed by atoms with Gasteiger partial charge in [0, 0.05) is 26.7 Å². The lowest BCUT2D eigenvalue weighted by atomic mass is 9.68. The molecule has 0 bridgehead atoms. The highest BCUT2D eigenvalue weighted by atomic mass is 32.1. The van der Waals surface area contributed by atoms with E-state index in [-0.39, 0.29) is 0 Å². The van der Waals surface area contributed by atoms with Crippen molar-refractivity contribution >= 4 is 59.6 Å². The molecule has 1 aliphatic carbocycles. The summed E-state index contributed by atoms with van der Waals surface area (Å²) in [6, 6.07) is 75.0.